The van der Waals surface area contributed by atoms with Crippen molar-refractivity contribution in [1.29, 1.82) is 0 Å². The molecule has 0 bridgehead atoms. The second-order valence-electron chi connectivity index (χ2n) is 6.34. The first-order chi connectivity index (χ1) is 12.7. The quantitative estimate of drug-likeness (QED) is 0.725. The lowest BCUT2D eigenvalue weighted by molar-refractivity contribution is 0.262. The molecule has 2 heterocycles. The van der Waals surface area contributed by atoms with Crippen LogP contribution in [0.1, 0.15) is 12.8 Å². The maximum Gasteiger partial charge on any atom is 0.323 e. The molecule has 2 aromatic carbocycles. The SMILES string of the molecule is O=C(Nc1ccccc1)Nc1cc(F)c2nc(N3CCCC3)ccc2c1. The number of aromatic nitrogens is 1. The Morgan fingerprint density at radius 1 is 0.962 bits per heavy atom. The number of fused-ring (bicyclic) bond motifs is 1. The van der Waals surface area contributed by atoms with Gasteiger partial charge in [-0.05, 0) is 49.2 Å². The molecular formula is C20H19FN4O. The van der Waals surface area contributed by atoms with Crippen LogP contribution in [0, 0.1) is 5.82 Å². The Kier molecular flexibility index (Phi) is 4.39. The van der Waals surface area contributed by atoms with Crippen molar-refractivity contribution in [2.45, 2.75) is 12.8 Å². The molecule has 4 rings (SSSR count). The normalized spacial score (nSPS) is 13.8. The van der Waals surface area contributed by atoms with Gasteiger partial charge >= 0.3 is 6.03 Å². The molecule has 0 spiro atoms. The lowest BCUT2D eigenvalue weighted by atomic mass is 10.2. The predicted molar refractivity (Wildman–Crippen MR) is 102 cm³/mol. The van der Waals surface area contributed by atoms with Crippen LogP contribution in [-0.2, 0) is 0 Å². The predicted octanol–water partition coefficient (Wildman–Crippen LogP) is 4.62. The second-order valence-corrected chi connectivity index (χ2v) is 6.34. The zero-order valence-corrected chi connectivity index (χ0v) is 14.2. The van der Waals surface area contributed by atoms with Gasteiger partial charge < -0.3 is 15.5 Å². The first kappa shape index (κ1) is 16.3. The number of hydrogen-bond acceptors (Lipinski definition) is 3. The highest BCUT2D eigenvalue weighted by atomic mass is 19.1. The Hall–Kier alpha value is -3.15. The summed E-state index contributed by atoms with van der Waals surface area (Å²) in [5.41, 5.74) is 1.38. The molecule has 2 N–H and O–H groups in total. The van der Waals surface area contributed by atoms with Crippen LogP contribution in [-0.4, -0.2) is 24.1 Å². The van der Waals surface area contributed by atoms with E-state index in [9.17, 15) is 9.18 Å². The highest BCUT2D eigenvalue weighted by molar-refractivity contribution is 6.01. The zero-order chi connectivity index (χ0) is 17.9. The number of rotatable bonds is 3. The van der Waals surface area contributed by atoms with Crippen LogP contribution in [0.3, 0.4) is 0 Å². The monoisotopic (exact) mass is 350 g/mol. The Balaban J connectivity index is 1.55. The Bertz CT molecular complexity index is 939. The van der Waals surface area contributed by atoms with Crippen molar-refractivity contribution >= 4 is 34.1 Å². The maximum atomic E-state index is 14.5. The summed E-state index contributed by atoms with van der Waals surface area (Å²) in [5.74, 6) is 0.356. The molecule has 132 valence electrons. The zero-order valence-electron chi connectivity index (χ0n) is 14.2. The number of para-hydroxylation sites is 1. The van der Waals surface area contributed by atoms with Gasteiger partial charge in [-0.15, -0.1) is 0 Å². The summed E-state index contributed by atoms with van der Waals surface area (Å²) in [6, 6.07) is 15.4. The largest absolute Gasteiger partial charge is 0.357 e. The van der Waals surface area contributed by atoms with Gasteiger partial charge in [-0.3, -0.25) is 0 Å². The number of hydrogen-bond donors (Lipinski definition) is 2. The number of halogens is 1. The number of nitrogens with zero attached hydrogens (tertiary/aromatic N) is 2. The Labute approximate surface area is 150 Å². The van der Waals surface area contributed by atoms with Gasteiger partial charge in [0.1, 0.15) is 11.3 Å². The molecular weight excluding hydrogens is 331 g/mol. The smallest absolute Gasteiger partial charge is 0.323 e. The summed E-state index contributed by atoms with van der Waals surface area (Å²) in [6.45, 7) is 1.92. The number of carbonyl (C=O) groups excluding carboxylic acids is 1. The number of amides is 2. The molecule has 0 aliphatic carbocycles. The van der Waals surface area contributed by atoms with Crippen molar-refractivity contribution in [2.24, 2.45) is 0 Å². The first-order valence-electron chi connectivity index (χ1n) is 8.67. The van der Waals surface area contributed by atoms with Crippen molar-refractivity contribution < 1.29 is 9.18 Å². The minimum atomic E-state index is -0.446. The van der Waals surface area contributed by atoms with Crippen molar-refractivity contribution in [2.75, 3.05) is 28.6 Å². The van der Waals surface area contributed by atoms with Gasteiger partial charge in [-0.2, -0.15) is 0 Å². The summed E-state index contributed by atoms with van der Waals surface area (Å²) in [4.78, 5) is 18.7. The minimum Gasteiger partial charge on any atom is -0.357 e. The van der Waals surface area contributed by atoms with E-state index >= 15 is 0 Å². The summed E-state index contributed by atoms with van der Waals surface area (Å²) >= 11 is 0. The molecule has 3 aromatic rings. The fourth-order valence-electron chi connectivity index (χ4n) is 3.19. The molecule has 1 saturated heterocycles. The third kappa shape index (κ3) is 3.44. The Morgan fingerprint density at radius 2 is 1.69 bits per heavy atom. The van der Waals surface area contributed by atoms with E-state index in [1.807, 2.05) is 30.3 Å². The van der Waals surface area contributed by atoms with Crippen LogP contribution in [0.4, 0.5) is 26.4 Å². The van der Waals surface area contributed by atoms with Crippen LogP contribution in [0.2, 0.25) is 0 Å². The fraction of sp³-hybridized carbons (Fsp3) is 0.200. The van der Waals surface area contributed by atoms with Gasteiger partial charge in [-0.25, -0.2) is 14.2 Å². The third-order valence-corrected chi connectivity index (χ3v) is 4.45. The van der Waals surface area contributed by atoms with Gasteiger partial charge in [0.2, 0.25) is 0 Å². The van der Waals surface area contributed by atoms with Crippen molar-refractivity contribution in [3.05, 3.63) is 60.4 Å². The van der Waals surface area contributed by atoms with Crippen LogP contribution < -0.4 is 15.5 Å². The van der Waals surface area contributed by atoms with E-state index in [1.165, 1.54) is 6.07 Å². The van der Waals surface area contributed by atoms with E-state index in [0.717, 1.165) is 31.7 Å². The highest BCUT2D eigenvalue weighted by Gasteiger charge is 2.15. The standard InChI is InChI=1S/C20H19FN4O/c21-17-13-16(23-20(26)22-15-6-2-1-3-7-15)12-14-8-9-18(24-19(14)17)25-10-4-5-11-25/h1-3,6-9,12-13H,4-5,10-11H2,(H2,22,23,26). The van der Waals surface area contributed by atoms with Crippen LogP contribution in [0.15, 0.2) is 54.6 Å². The lowest BCUT2D eigenvalue weighted by Gasteiger charge is -2.17. The summed E-state index contributed by atoms with van der Waals surface area (Å²) in [7, 11) is 0. The minimum absolute atomic E-state index is 0.323. The second kappa shape index (κ2) is 7.00. The summed E-state index contributed by atoms with van der Waals surface area (Å²) in [5, 5.41) is 6.03. The molecule has 0 radical (unpaired) electrons. The van der Waals surface area contributed by atoms with Crippen LogP contribution in [0.5, 0.6) is 0 Å². The lowest BCUT2D eigenvalue weighted by Crippen LogP contribution is -2.20. The number of urea groups is 1. The molecule has 1 aliphatic heterocycles. The van der Waals surface area contributed by atoms with E-state index in [-0.39, 0.29) is 0 Å². The van der Waals surface area contributed by atoms with Crippen molar-refractivity contribution in [3.63, 3.8) is 0 Å². The van der Waals surface area contributed by atoms with Gasteiger partial charge in [0, 0.05) is 29.9 Å². The number of pyridine rings is 1. The highest BCUT2D eigenvalue weighted by Crippen LogP contribution is 2.26. The molecule has 0 atom stereocenters. The molecule has 5 nitrogen and oxygen atoms in total. The third-order valence-electron chi connectivity index (χ3n) is 4.45. The molecule has 0 unspecified atom stereocenters. The molecule has 6 heteroatoms. The van der Waals surface area contributed by atoms with Crippen LogP contribution >= 0.6 is 0 Å². The Morgan fingerprint density at radius 3 is 2.46 bits per heavy atom. The number of anilines is 3. The van der Waals surface area contributed by atoms with Gasteiger partial charge in [0.15, 0.2) is 5.82 Å². The van der Waals surface area contributed by atoms with E-state index in [2.05, 4.69) is 20.5 Å². The molecule has 1 aromatic heterocycles. The van der Waals surface area contributed by atoms with Crippen molar-refractivity contribution in [3.8, 4) is 0 Å². The average molecular weight is 350 g/mol. The molecule has 2 amide bonds. The van der Waals surface area contributed by atoms with E-state index in [4.69, 9.17) is 0 Å². The first-order valence-corrected chi connectivity index (χ1v) is 8.67. The van der Waals surface area contributed by atoms with Gasteiger partial charge in [-0.1, -0.05) is 18.2 Å². The van der Waals surface area contributed by atoms with E-state index in [1.54, 1.807) is 18.2 Å². The summed E-state index contributed by atoms with van der Waals surface area (Å²) < 4.78 is 14.5. The van der Waals surface area contributed by atoms with E-state index in [0.29, 0.717) is 22.3 Å². The fourth-order valence-corrected chi connectivity index (χ4v) is 3.19. The molecule has 1 aliphatic rings. The molecule has 1 fully saturated rings. The number of nitrogens with one attached hydrogen (secondary N) is 2. The molecule has 26 heavy (non-hydrogen) atoms. The summed E-state index contributed by atoms with van der Waals surface area (Å²) in [6.07, 6.45) is 2.28. The maximum absolute atomic E-state index is 14.5. The van der Waals surface area contributed by atoms with E-state index < -0.39 is 11.8 Å². The number of benzene rings is 2. The topological polar surface area (TPSA) is 57.3 Å². The van der Waals surface area contributed by atoms with Gasteiger partial charge in [0.25, 0.3) is 0 Å². The molecule has 0 saturated carbocycles. The van der Waals surface area contributed by atoms with Crippen molar-refractivity contribution in [1.82, 2.24) is 4.98 Å². The van der Waals surface area contributed by atoms with Gasteiger partial charge in [0.05, 0.1) is 0 Å². The van der Waals surface area contributed by atoms with Crippen LogP contribution in [0.25, 0.3) is 10.9 Å². The average Bonchev–Trinajstić information content (AvgIpc) is 3.17. The number of carbonyl (C=O) groups is 1.